The number of nitrogens with one attached hydrogen (secondary N) is 1. The van der Waals surface area contributed by atoms with Gasteiger partial charge in [-0.1, -0.05) is 26.2 Å². The van der Waals surface area contributed by atoms with Crippen LogP contribution in [0.2, 0.25) is 0 Å². The number of carbonyl (C=O) groups excluding carboxylic acids is 1. The van der Waals surface area contributed by atoms with E-state index >= 15 is 0 Å². The van der Waals surface area contributed by atoms with Crippen LogP contribution in [0.3, 0.4) is 0 Å². The van der Waals surface area contributed by atoms with Crippen molar-refractivity contribution >= 4 is 5.97 Å². The molecule has 0 aliphatic heterocycles. The first-order valence-electron chi connectivity index (χ1n) is 7.18. The fourth-order valence-electron chi connectivity index (χ4n) is 2.59. The summed E-state index contributed by atoms with van der Waals surface area (Å²) in [5, 5.41) is 2.96. The Morgan fingerprint density at radius 1 is 1.33 bits per heavy atom. The highest BCUT2D eigenvalue weighted by molar-refractivity contribution is 5.75. The van der Waals surface area contributed by atoms with E-state index in [1.165, 1.54) is 19.3 Å². The summed E-state index contributed by atoms with van der Waals surface area (Å²) in [6.07, 6.45) is 6.40. The predicted molar refractivity (Wildman–Crippen MR) is 71.5 cm³/mol. The van der Waals surface area contributed by atoms with Crippen molar-refractivity contribution in [3.8, 4) is 0 Å². The molecule has 1 saturated carbocycles. The lowest BCUT2D eigenvalue weighted by Crippen LogP contribution is -2.42. The van der Waals surface area contributed by atoms with Gasteiger partial charge in [0.05, 0.1) is 19.3 Å². The summed E-state index contributed by atoms with van der Waals surface area (Å²) in [6.45, 7) is 4.86. The first-order valence-corrected chi connectivity index (χ1v) is 7.18. The van der Waals surface area contributed by atoms with Gasteiger partial charge in [-0.3, -0.25) is 4.79 Å². The molecule has 0 aromatic rings. The van der Waals surface area contributed by atoms with Gasteiger partial charge < -0.3 is 14.8 Å². The Bertz CT molecular complexity index is 245. The van der Waals surface area contributed by atoms with Gasteiger partial charge >= 0.3 is 5.97 Å². The van der Waals surface area contributed by atoms with E-state index in [0.717, 1.165) is 12.8 Å². The number of hydrogen-bond acceptors (Lipinski definition) is 4. The zero-order valence-corrected chi connectivity index (χ0v) is 11.9. The number of esters is 1. The monoisotopic (exact) mass is 257 g/mol. The SMILES string of the molecule is CCOC(=O)C(COC1CCCCC1CC)NC. The summed E-state index contributed by atoms with van der Waals surface area (Å²) in [5.41, 5.74) is 0. The zero-order valence-electron chi connectivity index (χ0n) is 11.9. The van der Waals surface area contributed by atoms with Gasteiger partial charge in [0.15, 0.2) is 0 Å². The Morgan fingerprint density at radius 3 is 2.67 bits per heavy atom. The van der Waals surface area contributed by atoms with Crippen LogP contribution in [0.15, 0.2) is 0 Å². The molecular formula is C14H27NO3. The van der Waals surface area contributed by atoms with Crippen LogP contribution in [0.1, 0.15) is 46.0 Å². The van der Waals surface area contributed by atoms with E-state index in [1.54, 1.807) is 7.05 Å². The normalized spacial score (nSPS) is 25.7. The molecule has 1 aliphatic rings. The first-order chi connectivity index (χ1) is 8.72. The van der Waals surface area contributed by atoms with Crippen LogP contribution in [0.4, 0.5) is 0 Å². The third-order valence-corrected chi connectivity index (χ3v) is 3.76. The number of likely N-dealkylation sites (N-methyl/N-ethyl adjacent to an activating group) is 1. The van der Waals surface area contributed by atoms with E-state index in [9.17, 15) is 4.79 Å². The van der Waals surface area contributed by atoms with E-state index < -0.39 is 0 Å². The molecule has 1 rings (SSSR count). The number of ether oxygens (including phenoxy) is 2. The van der Waals surface area contributed by atoms with Crippen LogP contribution < -0.4 is 5.32 Å². The lowest BCUT2D eigenvalue weighted by Gasteiger charge is -2.31. The molecule has 3 atom stereocenters. The Balaban J connectivity index is 2.38. The van der Waals surface area contributed by atoms with Crippen LogP contribution in [-0.4, -0.2) is 38.4 Å². The van der Waals surface area contributed by atoms with Gasteiger partial charge in [-0.05, 0) is 32.7 Å². The van der Waals surface area contributed by atoms with Crippen molar-refractivity contribution in [3.63, 3.8) is 0 Å². The molecule has 1 N–H and O–H groups in total. The summed E-state index contributed by atoms with van der Waals surface area (Å²) in [7, 11) is 1.77. The Morgan fingerprint density at radius 2 is 2.06 bits per heavy atom. The van der Waals surface area contributed by atoms with Gasteiger partial charge in [-0.25, -0.2) is 0 Å². The van der Waals surface area contributed by atoms with Crippen molar-refractivity contribution in [2.75, 3.05) is 20.3 Å². The summed E-state index contributed by atoms with van der Waals surface area (Å²) < 4.78 is 11.0. The van der Waals surface area contributed by atoms with Crippen molar-refractivity contribution in [2.24, 2.45) is 5.92 Å². The minimum absolute atomic E-state index is 0.219. The second kappa shape index (κ2) is 8.48. The van der Waals surface area contributed by atoms with Crippen LogP contribution >= 0.6 is 0 Å². The van der Waals surface area contributed by atoms with Crippen molar-refractivity contribution in [1.29, 1.82) is 0 Å². The summed E-state index contributed by atoms with van der Waals surface area (Å²) in [5.74, 6) is 0.433. The molecule has 0 bridgehead atoms. The second-order valence-electron chi connectivity index (χ2n) is 4.92. The lowest BCUT2D eigenvalue weighted by molar-refractivity contribution is -0.148. The fraction of sp³-hybridized carbons (Fsp3) is 0.929. The second-order valence-corrected chi connectivity index (χ2v) is 4.92. The van der Waals surface area contributed by atoms with Crippen LogP contribution in [0.5, 0.6) is 0 Å². The molecule has 0 saturated heterocycles. The van der Waals surface area contributed by atoms with Gasteiger partial charge in [0.2, 0.25) is 0 Å². The van der Waals surface area contributed by atoms with Gasteiger partial charge in [-0.2, -0.15) is 0 Å². The number of rotatable bonds is 7. The van der Waals surface area contributed by atoms with Crippen molar-refractivity contribution < 1.29 is 14.3 Å². The molecule has 0 radical (unpaired) electrons. The van der Waals surface area contributed by atoms with Crippen LogP contribution in [0.25, 0.3) is 0 Å². The maximum Gasteiger partial charge on any atom is 0.325 e. The van der Waals surface area contributed by atoms with Crippen molar-refractivity contribution in [1.82, 2.24) is 5.32 Å². The summed E-state index contributed by atoms with van der Waals surface area (Å²) in [6, 6.07) is -0.343. The predicted octanol–water partition coefficient (Wildman–Crippen LogP) is 2.12. The maximum absolute atomic E-state index is 11.6. The third kappa shape index (κ3) is 4.58. The third-order valence-electron chi connectivity index (χ3n) is 3.76. The minimum Gasteiger partial charge on any atom is -0.465 e. The molecule has 4 heteroatoms. The minimum atomic E-state index is -0.343. The molecule has 4 nitrogen and oxygen atoms in total. The van der Waals surface area contributed by atoms with Gasteiger partial charge in [0.1, 0.15) is 6.04 Å². The molecule has 0 spiro atoms. The van der Waals surface area contributed by atoms with Gasteiger partial charge in [0, 0.05) is 0 Å². The number of carbonyl (C=O) groups is 1. The topological polar surface area (TPSA) is 47.6 Å². The highest BCUT2D eigenvalue weighted by Gasteiger charge is 2.26. The molecule has 1 fully saturated rings. The maximum atomic E-state index is 11.6. The molecule has 0 aromatic heterocycles. The standard InChI is InChI=1S/C14H27NO3/c1-4-11-8-6-7-9-13(11)18-10-12(15-3)14(16)17-5-2/h11-13,15H,4-10H2,1-3H3. The van der Waals surface area contributed by atoms with E-state index in [1.807, 2.05) is 6.92 Å². The molecule has 3 unspecified atom stereocenters. The molecule has 106 valence electrons. The first kappa shape index (κ1) is 15.4. The average molecular weight is 257 g/mol. The molecule has 18 heavy (non-hydrogen) atoms. The molecule has 0 heterocycles. The molecule has 0 amide bonds. The average Bonchev–Trinajstić information content (AvgIpc) is 2.40. The fourth-order valence-corrected chi connectivity index (χ4v) is 2.59. The van der Waals surface area contributed by atoms with Gasteiger partial charge in [-0.15, -0.1) is 0 Å². The van der Waals surface area contributed by atoms with E-state index in [4.69, 9.17) is 9.47 Å². The van der Waals surface area contributed by atoms with Gasteiger partial charge in [0.25, 0.3) is 0 Å². The highest BCUT2D eigenvalue weighted by atomic mass is 16.5. The van der Waals surface area contributed by atoms with E-state index in [-0.39, 0.29) is 12.0 Å². The molecule has 1 aliphatic carbocycles. The molecule has 0 aromatic carbocycles. The van der Waals surface area contributed by atoms with Crippen molar-refractivity contribution in [2.45, 2.75) is 58.1 Å². The van der Waals surface area contributed by atoms with Crippen molar-refractivity contribution in [3.05, 3.63) is 0 Å². The largest absolute Gasteiger partial charge is 0.465 e. The summed E-state index contributed by atoms with van der Waals surface area (Å²) >= 11 is 0. The Labute approximate surface area is 110 Å². The zero-order chi connectivity index (χ0) is 13.4. The molecular weight excluding hydrogens is 230 g/mol. The quantitative estimate of drug-likeness (QED) is 0.710. The van der Waals surface area contributed by atoms with E-state index in [0.29, 0.717) is 25.2 Å². The van der Waals surface area contributed by atoms with E-state index in [2.05, 4.69) is 12.2 Å². The Hall–Kier alpha value is -0.610. The van der Waals surface area contributed by atoms with Crippen LogP contribution in [-0.2, 0) is 14.3 Å². The number of hydrogen-bond donors (Lipinski definition) is 1. The lowest BCUT2D eigenvalue weighted by atomic mass is 9.85. The summed E-state index contributed by atoms with van der Waals surface area (Å²) in [4.78, 5) is 11.6. The van der Waals surface area contributed by atoms with Crippen LogP contribution in [0, 0.1) is 5.92 Å². The highest BCUT2D eigenvalue weighted by Crippen LogP contribution is 2.29. The smallest absolute Gasteiger partial charge is 0.325 e. The Kier molecular flexibility index (Phi) is 7.28.